The molecule has 1 rings (SSSR count). The molecule has 0 aliphatic carbocycles. The second-order valence-corrected chi connectivity index (χ2v) is 4.26. The highest BCUT2D eigenvalue weighted by molar-refractivity contribution is 5.93. The molecule has 0 saturated carbocycles. The Morgan fingerprint density at radius 3 is 2.84 bits per heavy atom. The predicted octanol–water partition coefficient (Wildman–Crippen LogP) is 0.677. The van der Waals surface area contributed by atoms with Gasteiger partial charge in [0.2, 0.25) is 5.91 Å². The van der Waals surface area contributed by atoms with Crippen LogP contribution in [0.4, 0.5) is 0 Å². The number of carbonyl (C=O) groups is 2. The highest BCUT2D eigenvalue weighted by Gasteiger charge is 2.08. The summed E-state index contributed by atoms with van der Waals surface area (Å²) >= 11 is 0. The average molecular weight is 268 g/mol. The first kappa shape index (κ1) is 15.2. The van der Waals surface area contributed by atoms with Gasteiger partial charge in [-0.2, -0.15) is 0 Å². The van der Waals surface area contributed by atoms with Gasteiger partial charge in [-0.15, -0.1) is 0 Å². The Labute approximate surface area is 112 Å². The number of carbonyl (C=O) groups excluding carboxylic acids is 2. The summed E-state index contributed by atoms with van der Waals surface area (Å²) in [5.41, 5.74) is 0.429. The SMILES string of the molecule is CCCC(O)CNC(=O)CCNC(=O)c1ccoc1. The number of hydrogen-bond acceptors (Lipinski definition) is 4. The van der Waals surface area contributed by atoms with Gasteiger partial charge in [-0.3, -0.25) is 9.59 Å². The van der Waals surface area contributed by atoms with E-state index in [0.29, 0.717) is 12.0 Å². The summed E-state index contributed by atoms with van der Waals surface area (Å²) in [5, 5.41) is 14.7. The monoisotopic (exact) mass is 268 g/mol. The van der Waals surface area contributed by atoms with Crippen molar-refractivity contribution in [2.75, 3.05) is 13.1 Å². The number of hydrogen-bond donors (Lipinski definition) is 3. The first-order chi connectivity index (χ1) is 9.13. The number of amides is 2. The summed E-state index contributed by atoms with van der Waals surface area (Å²) in [6.07, 6.45) is 3.97. The molecule has 1 aromatic rings. The molecule has 0 fully saturated rings. The Bertz CT molecular complexity index is 389. The van der Waals surface area contributed by atoms with Gasteiger partial charge in [0.15, 0.2) is 0 Å². The van der Waals surface area contributed by atoms with Gasteiger partial charge in [0, 0.05) is 19.5 Å². The molecule has 0 aliphatic heterocycles. The van der Waals surface area contributed by atoms with Gasteiger partial charge in [-0.25, -0.2) is 0 Å². The van der Waals surface area contributed by atoms with E-state index in [1.807, 2.05) is 6.92 Å². The molecule has 1 heterocycles. The van der Waals surface area contributed by atoms with E-state index in [0.717, 1.165) is 6.42 Å². The van der Waals surface area contributed by atoms with Crippen LogP contribution in [0.5, 0.6) is 0 Å². The lowest BCUT2D eigenvalue weighted by Crippen LogP contribution is -2.34. The summed E-state index contributed by atoms with van der Waals surface area (Å²) < 4.78 is 4.78. The third-order valence-electron chi connectivity index (χ3n) is 2.58. The zero-order chi connectivity index (χ0) is 14.1. The van der Waals surface area contributed by atoms with E-state index in [1.54, 1.807) is 6.07 Å². The highest BCUT2D eigenvalue weighted by Crippen LogP contribution is 1.99. The van der Waals surface area contributed by atoms with E-state index in [2.05, 4.69) is 10.6 Å². The van der Waals surface area contributed by atoms with Crippen molar-refractivity contribution in [3.05, 3.63) is 24.2 Å². The van der Waals surface area contributed by atoms with Gasteiger partial charge in [0.1, 0.15) is 6.26 Å². The van der Waals surface area contributed by atoms with Crippen LogP contribution in [0.3, 0.4) is 0 Å². The molecular weight excluding hydrogens is 248 g/mol. The maximum absolute atomic E-state index is 11.5. The van der Waals surface area contributed by atoms with E-state index in [4.69, 9.17) is 4.42 Å². The Balaban J connectivity index is 2.12. The van der Waals surface area contributed by atoms with Crippen LogP contribution >= 0.6 is 0 Å². The Kier molecular flexibility index (Phi) is 6.67. The maximum atomic E-state index is 11.5. The summed E-state index contributed by atoms with van der Waals surface area (Å²) in [5.74, 6) is -0.463. The van der Waals surface area contributed by atoms with Gasteiger partial charge in [0.05, 0.1) is 17.9 Å². The van der Waals surface area contributed by atoms with Crippen LogP contribution in [-0.4, -0.2) is 36.1 Å². The normalized spacial score (nSPS) is 11.9. The Morgan fingerprint density at radius 2 is 2.21 bits per heavy atom. The van der Waals surface area contributed by atoms with Gasteiger partial charge in [-0.05, 0) is 12.5 Å². The average Bonchev–Trinajstić information content (AvgIpc) is 2.90. The molecule has 2 amide bonds. The zero-order valence-corrected chi connectivity index (χ0v) is 11.0. The molecule has 106 valence electrons. The molecule has 0 spiro atoms. The smallest absolute Gasteiger partial charge is 0.254 e. The van der Waals surface area contributed by atoms with Crippen molar-refractivity contribution in [3.63, 3.8) is 0 Å². The standard InChI is InChI=1S/C13H20N2O4/c1-2-3-11(16)8-15-12(17)4-6-14-13(18)10-5-7-19-9-10/h5,7,9,11,16H,2-4,6,8H2,1H3,(H,14,18)(H,15,17). The quantitative estimate of drug-likeness (QED) is 0.646. The van der Waals surface area contributed by atoms with Gasteiger partial charge in [-0.1, -0.05) is 13.3 Å². The minimum atomic E-state index is -0.505. The molecule has 6 heteroatoms. The molecular formula is C13H20N2O4. The number of furan rings is 1. The summed E-state index contributed by atoms with van der Waals surface area (Å²) in [6.45, 7) is 2.47. The van der Waals surface area contributed by atoms with Crippen LogP contribution in [0.25, 0.3) is 0 Å². The molecule has 3 N–H and O–H groups in total. The van der Waals surface area contributed by atoms with E-state index in [-0.39, 0.29) is 31.3 Å². The van der Waals surface area contributed by atoms with E-state index >= 15 is 0 Å². The lowest BCUT2D eigenvalue weighted by atomic mass is 10.2. The Morgan fingerprint density at radius 1 is 1.42 bits per heavy atom. The van der Waals surface area contributed by atoms with E-state index in [9.17, 15) is 14.7 Å². The van der Waals surface area contributed by atoms with Crippen LogP contribution < -0.4 is 10.6 Å². The van der Waals surface area contributed by atoms with E-state index < -0.39 is 6.10 Å². The molecule has 0 saturated heterocycles. The van der Waals surface area contributed by atoms with Crippen LogP contribution in [-0.2, 0) is 4.79 Å². The van der Waals surface area contributed by atoms with Crippen LogP contribution in [0.15, 0.2) is 23.0 Å². The molecule has 1 unspecified atom stereocenters. The number of nitrogens with one attached hydrogen (secondary N) is 2. The zero-order valence-electron chi connectivity index (χ0n) is 11.0. The number of rotatable bonds is 8. The van der Waals surface area contributed by atoms with Gasteiger partial charge < -0.3 is 20.2 Å². The van der Waals surface area contributed by atoms with Crippen molar-refractivity contribution in [2.45, 2.75) is 32.3 Å². The topological polar surface area (TPSA) is 91.6 Å². The van der Waals surface area contributed by atoms with Crippen molar-refractivity contribution in [1.29, 1.82) is 0 Å². The predicted molar refractivity (Wildman–Crippen MR) is 69.6 cm³/mol. The summed E-state index contributed by atoms with van der Waals surface area (Å²) in [6, 6.07) is 1.55. The van der Waals surface area contributed by atoms with Crippen LogP contribution in [0, 0.1) is 0 Å². The lowest BCUT2D eigenvalue weighted by molar-refractivity contribution is -0.121. The Hall–Kier alpha value is -1.82. The molecule has 19 heavy (non-hydrogen) atoms. The van der Waals surface area contributed by atoms with Crippen molar-refractivity contribution in [1.82, 2.24) is 10.6 Å². The van der Waals surface area contributed by atoms with Crippen molar-refractivity contribution in [3.8, 4) is 0 Å². The first-order valence-corrected chi connectivity index (χ1v) is 6.38. The molecule has 1 aromatic heterocycles. The fourth-order valence-electron chi connectivity index (χ4n) is 1.54. The highest BCUT2D eigenvalue weighted by atomic mass is 16.3. The number of aliphatic hydroxyl groups excluding tert-OH is 1. The minimum Gasteiger partial charge on any atom is -0.472 e. The third-order valence-corrected chi connectivity index (χ3v) is 2.58. The second-order valence-electron chi connectivity index (χ2n) is 4.26. The van der Waals surface area contributed by atoms with E-state index in [1.165, 1.54) is 12.5 Å². The molecule has 1 atom stereocenters. The third kappa shape index (κ3) is 6.05. The van der Waals surface area contributed by atoms with Crippen molar-refractivity contribution >= 4 is 11.8 Å². The van der Waals surface area contributed by atoms with Crippen LogP contribution in [0.1, 0.15) is 36.5 Å². The fourth-order valence-corrected chi connectivity index (χ4v) is 1.54. The molecule has 0 aliphatic rings. The fraction of sp³-hybridized carbons (Fsp3) is 0.538. The second kappa shape index (κ2) is 8.31. The summed E-state index contributed by atoms with van der Waals surface area (Å²) in [7, 11) is 0. The molecule has 0 bridgehead atoms. The largest absolute Gasteiger partial charge is 0.472 e. The van der Waals surface area contributed by atoms with Gasteiger partial charge in [0.25, 0.3) is 5.91 Å². The van der Waals surface area contributed by atoms with Gasteiger partial charge >= 0.3 is 0 Å². The summed E-state index contributed by atoms with van der Waals surface area (Å²) in [4.78, 5) is 22.9. The van der Waals surface area contributed by atoms with Crippen LogP contribution in [0.2, 0.25) is 0 Å². The first-order valence-electron chi connectivity index (χ1n) is 6.38. The minimum absolute atomic E-state index is 0.183. The lowest BCUT2D eigenvalue weighted by Gasteiger charge is -2.10. The van der Waals surface area contributed by atoms with Crippen molar-refractivity contribution < 1.29 is 19.1 Å². The molecule has 6 nitrogen and oxygen atoms in total. The number of aliphatic hydroxyl groups is 1. The molecule has 0 radical (unpaired) electrons. The maximum Gasteiger partial charge on any atom is 0.254 e. The molecule has 0 aromatic carbocycles. The van der Waals surface area contributed by atoms with Crippen molar-refractivity contribution in [2.24, 2.45) is 0 Å².